The number of aromatic hydroxyl groups is 1. The Hall–Kier alpha value is -4.71. The lowest BCUT2D eigenvalue weighted by molar-refractivity contribution is 0.122. The predicted molar refractivity (Wildman–Crippen MR) is 170 cm³/mol. The third-order valence-electron chi connectivity index (χ3n) is 6.17. The van der Waals surface area contributed by atoms with Crippen molar-refractivity contribution in [2.24, 2.45) is 5.10 Å². The largest absolute Gasteiger partial charge is 0.508 e. The monoisotopic (exact) mass is 609 g/mol. The van der Waals surface area contributed by atoms with Crippen LogP contribution in [0.15, 0.2) is 72.1 Å². The summed E-state index contributed by atoms with van der Waals surface area (Å²) in [6, 6.07) is 14.4. The summed E-state index contributed by atoms with van der Waals surface area (Å²) in [6.45, 7) is 10.1. The van der Waals surface area contributed by atoms with Crippen LogP contribution in [0.5, 0.6) is 5.75 Å². The fourth-order valence-corrected chi connectivity index (χ4v) is 4.16. The van der Waals surface area contributed by atoms with Gasteiger partial charge in [0.05, 0.1) is 31.3 Å². The van der Waals surface area contributed by atoms with E-state index in [9.17, 15) is 18.3 Å². The van der Waals surface area contributed by atoms with E-state index in [2.05, 4.69) is 30.8 Å². The summed E-state index contributed by atoms with van der Waals surface area (Å²) < 4.78 is 47.1. The normalized spacial score (nSPS) is 12.7. The van der Waals surface area contributed by atoms with Gasteiger partial charge < -0.3 is 20.1 Å². The second-order valence-corrected chi connectivity index (χ2v) is 8.90. The van der Waals surface area contributed by atoms with Crippen LogP contribution in [0, 0.1) is 5.82 Å². The number of phenols is 1. The van der Waals surface area contributed by atoms with Crippen LogP contribution < -0.4 is 15.6 Å². The molecule has 9 nitrogen and oxygen atoms in total. The number of hydrogen-bond acceptors (Lipinski definition) is 9. The van der Waals surface area contributed by atoms with Crippen LogP contribution in [0.1, 0.15) is 45.4 Å². The molecule has 1 fully saturated rings. The first-order valence-electron chi connectivity index (χ1n) is 14.5. The number of aromatic nitrogens is 3. The molecule has 0 aliphatic carbocycles. The van der Waals surface area contributed by atoms with Crippen LogP contribution in [0.3, 0.4) is 0 Å². The maximum Gasteiger partial charge on any atom is 0.264 e. The Morgan fingerprint density at radius 1 is 0.955 bits per heavy atom. The van der Waals surface area contributed by atoms with Gasteiger partial charge in [-0.25, -0.2) is 23.6 Å². The zero-order chi connectivity index (χ0) is 31.9. The summed E-state index contributed by atoms with van der Waals surface area (Å²) in [6.07, 6.45) is 2.03. The van der Waals surface area contributed by atoms with Crippen molar-refractivity contribution in [1.29, 1.82) is 0 Å². The van der Waals surface area contributed by atoms with Gasteiger partial charge >= 0.3 is 0 Å². The number of hydrogen-bond donors (Lipinski definition) is 3. The Bertz CT molecular complexity index is 1460. The van der Waals surface area contributed by atoms with E-state index in [0.29, 0.717) is 55.2 Å². The van der Waals surface area contributed by atoms with E-state index in [1.807, 2.05) is 27.7 Å². The lowest BCUT2D eigenvalue weighted by Gasteiger charge is -2.27. The van der Waals surface area contributed by atoms with Crippen LogP contribution in [0.2, 0.25) is 0 Å². The Balaban J connectivity index is 0.00000127. The molecule has 3 N–H and O–H groups in total. The maximum atomic E-state index is 14.2. The third-order valence-corrected chi connectivity index (χ3v) is 6.17. The number of rotatable bonds is 9. The fraction of sp³-hybridized carbons (Fsp3) is 0.312. The van der Waals surface area contributed by atoms with Crippen molar-refractivity contribution in [1.82, 2.24) is 15.0 Å². The zero-order valence-corrected chi connectivity index (χ0v) is 25.3. The quantitative estimate of drug-likeness (QED) is 0.132. The van der Waals surface area contributed by atoms with Crippen molar-refractivity contribution in [3.63, 3.8) is 0 Å². The van der Waals surface area contributed by atoms with E-state index in [0.717, 1.165) is 11.9 Å². The first-order valence-corrected chi connectivity index (χ1v) is 14.5. The fourth-order valence-electron chi connectivity index (χ4n) is 4.16. The molecule has 0 spiro atoms. The smallest absolute Gasteiger partial charge is 0.264 e. The van der Waals surface area contributed by atoms with Gasteiger partial charge in [-0.3, -0.25) is 4.98 Å². The summed E-state index contributed by atoms with van der Waals surface area (Å²) in [4.78, 5) is 14.3. The highest BCUT2D eigenvalue weighted by molar-refractivity contribution is 5.73. The lowest BCUT2D eigenvalue weighted by atomic mass is 9.99. The molecule has 2 aromatic heterocycles. The van der Waals surface area contributed by atoms with Crippen LogP contribution in [-0.2, 0) is 11.2 Å². The molecule has 5 rings (SSSR count). The highest BCUT2D eigenvalue weighted by Crippen LogP contribution is 2.34. The number of benzene rings is 2. The minimum absolute atomic E-state index is 0.0686. The van der Waals surface area contributed by atoms with Crippen LogP contribution in [-0.4, -0.2) is 52.6 Å². The van der Waals surface area contributed by atoms with Crippen molar-refractivity contribution in [2.75, 3.05) is 41.9 Å². The number of nitrogens with zero attached hydrogens (tertiary/aromatic N) is 5. The van der Waals surface area contributed by atoms with Gasteiger partial charge in [-0.15, -0.1) is 0 Å². The Morgan fingerprint density at radius 2 is 1.66 bits per heavy atom. The average Bonchev–Trinajstić information content (AvgIpc) is 3.07. The molecule has 1 aliphatic heterocycles. The molecule has 4 aromatic rings. The van der Waals surface area contributed by atoms with E-state index in [4.69, 9.17) is 4.74 Å². The van der Waals surface area contributed by atoms with Gasteiger partial charge in [0.1, 0.15) is 5.75 Å². The number of pyridine rings is 1. The number of halogens is 3. The van der Waals surface area contributed by atoms with Crippen molar-refractivity contribution in [3.8, 4) is 16.9 Å². The Labute approximate surface area is 255 Å². The minimum Gasteiger partial charge on any atom is -0.508 e. The van der Waals surface area contributed by atoms with Gasteiger partial charge in [0, 0.05) is 42.7 Å². The van der Waals surface area contributed by atoms with Gasteiger partial charge in [0.15, 0.2) is 11.6 Å². The molecule has 0 saturated carbocycles. The van der Waals surface area contributed by atoms with Crippen molar-refractivity contribution in [3.05, 3.63) is 84.1 Å². The molecule has 0 atom stereocenters. The lowest BCUT2D eigenvalue weighted by Crippen LogP contribution is -2.37. The predicted octanol–water partition coefficient (Wildman–Crippen LogP) is 7.59. The molecule has 12 heteroatoms. The number of ether oxygens (including phenoxy) is 1. The van der Waals surface area contributed by atoms with E-state index in [1.54, 1.807) is 53.7 Å². The summed E-state index contributed by atoms with van der Waals surface area (Å²) in [5.74, 6) is -0.0604. The molecular weight excluding hydrogens is 571 g/mol. The summed E-state index contributed by atoms with van der Waals surface area (Å²) in [5.41, 5.74) is 5.42. The number of nitrogens with one attached hydrogen (secondary N) is 2. The number of phenolic OH excluding ortho intramolecular Hbond substituents is 1. The van der Waals surface area contributed by atoms with E-state index >= 15 is 0 Å². The zero-order valence-electron chi connectivity index (χ0n) is 25.3. The number of anilines is 4. The Morgan fingerprint density at radius 3 is 2.32 bits per heavy atom. The molecule has 0 radical (unpaired) electrons. The first-order chi connectivity index (χ1) is 21.5. The number of morpholine rings is 1. The van der Waals surface area contributed by atoms with Gasteiger partial charge in [-0.05, 0) is 47.5 Å². The number of hydrazone groups is 1. The molecule has 1 saturated heterocycles. The van der Waals surface area contributed by atoms with E-state index < -0.39 is 12.2 Å². The van der Waals surface area contributed by atoms with Gasteiger partial charge in [-0.2, -0.15) is 10.1 Å². The van der Waals surface area contributed by atoms with Gasteiger partial charge in [0.2, 0.25) is 5.95 Å². The molecule has 234 valence electrons. The topological polar surface area (TPSA) is 108 Å². The van der Waals surface area contributed by atoms with Crippen LogP contribution in [0.25, 0.3) is 11.1 Å². The summed E-state index contributed by atoms with van der Waals surface area (Å²) >= 11 is 0. The molecule has 0 unspecified atom stereocenters. The van der Waals surface area contributed by atoms with Gasteiger partial charge in [-0.1, -0.05) is 45.9 Å². The molecule has 0 bridgehead atoms. The molecule has 0 amide bonds. The highest BCUT2D eigenvalue weighted by Gasteiger charge is 2.18. The molecule has 2 aromatic carbocycles. The van der Waals surface area contributed by atoms with E-state index in [1.165, 1.54) is 18.2 Å². The maximum absolute atomic E-state index is 14.2. The third kappa shape index (κ3) is 9.40. The molecule has 44 heavy (non-hydrogen) atoms. The SMILES string of the molecule is CC.CC.Oc1ccc(-c2ccc(Nc3ccc(C/C=N/Nc4ncc(F)c(N5CCOCC5)n4)nc3)cc2C(F)F)cc1. The molecular formula is C32H38F3N7O2. The second kappa shape index (κ2) is 17.4. The standard InChI is InChI=1S/C28H26F3N7O2.2C2H6/c29-25-17-33-28(36-27(25)38-11-13-40-14-12-38)37-34-10-9-19-3-4-21(16-32-19)35-20-5-8-23(24(15-20)26(30)31)18-1-6-22(39)7-2-18;2*1-2/h1-8,10,15-17,26,35,39H,9,11-14H2,(H,33,36,37);2*1-2H3/b34-10+;;. The highest BCUT2D eigenvalue weighted by atomic mass is 19.3. The van der Waals surface area contributed by atoms with Crippen molar-refractivity contribution < 1.29 is 23.0 Å². The first kappa shape index (κ1) is 33.8. The van der Waals surface area contributed by atoms with Crippen molar-refractivity contribution in [2.45, 2.75) is 40.5 Å². The van der Waals surface area contributed by atoms with Gasteiger partial charge in [0.25, 0.3) is 6.43 Å². The number of alkyl halides is 2. The molecule has 1 aliphatic rings. The average molecular weight is 610 g/mol. The van der Waals surface area contributed by atoms with Crippen molar-refractivity contribution >= 4 is 29.4 Å². The Kier molecular flexibility index (Phi) is 13.4. The summed E-state index contributed by atoms with van der Waals surface area (Å²) in [7, 11) is 0. The second-order valence-electron chi connectivity index (χ2n) is 8.90. The molecule has 3 heterocycles. The van der Waals surface area contributed by atoms with E-state index in [-0.39, 0.29) is 23.1 Å². The summed E-state index contributed by atoms with van der Waals surface area (Å²) in [5, 5.41) is 16.7. The minimum atomic E-state index is -2.68. The van der Waals surface area contributed by atoms with Crippen LogP contribution >= 0.6 is 0 Å². The van der Waals surface area contributed by atoms with Crippen LogP contribution in [0.4, 0.5) is 36.3 Å².